The van der Waals surface area contributed by atoms with Gasteiger partial charge >= 0.3 is 0 Å². The first-order chi connectivity index (χ1) is 10.3. The zero-order valence-corrected chi connectivity index (χ0v) is 15.0. The van der Waals surface area contributed by atoms with Crippen LogP contribution in [0.2, 0.25) is 0 Å². The molecule has 0 spiro atoms. The molecule has 1 amide bonds. The summed E-state index contributed by atoms with van der Waals surface area (Å²) >= 11 is 0. The lowest BCUT2D eigenvalue weighted by molar-refractivity contribution is -0.133. The first-order valence-corrected chi connectivity index (χ1v) is 7.67. The molecule has 1 aliphatic rings. The van der Waals surface area contributed by atoms with Gasteiger partial charge in [-0.25, -0.2) is 0 Å². The van der Waals surface area contributed by atoms with Crippen molar-refractivity contribution in [3.63, 3.8) is 0 Å². The fraction of sp³-hybridized carbons (Fsp3) is 0.562. The molecule has 0 bridgehead atoms. The second-order valence-corrected chi connectivity index (χ2v) is 5.28. The van der Waals surface area contributed by atoms with E-state index in [9.17, 15) is 4.79 Å². The van der Waals surface area contributed by atoms with Crippen molar-refractivity contribution in [2.75, 3.05) is 45.9 Å². The van der Waals surface area contributed by atoms with Gasteiger partial charge in [0.2, 0.25) is 5.91 Å². The second kappa shape index (κ2) is 12.4. The number of hydrogen-bond donors (Lipinski definition) is 1. The lowest BCUT2D eigenvalue weighted by atomic mass is 10.2. The average Bonchev–Trinajstić information content (AvgIpc) is 2.54. The molecular formula is C16H27Cl2N3O2. The van der Waals surface area contributed by atoms with Crippen molar-refractivity contribution in [3.05, 3.63) is 30.3 Å². The molecule has 0 unspecified atom stereocenters. The fourth-order valence-electron chi connectivity index (χ4n) is 2.44. The Morgan fingerprint density at radius 1 is 1.09 bits per heavy atom. The lowest BCUT2D eigenvalue weighted by Gasteiger charge is -2.34. The SMILES string of the molecule is Cl.Cl.NCCCC(=O)N1CCN(CCOc2ccccc2)CC1. The van der Waals surface area contributed by atoms with E-state index < -0.39 is 0 Å². The molecule has 0 aromatic heterocycles. The quantitative estimate of drug-likeness (QED) is 0.802. The number of piperazine rings is 1. The Balaban J connectivity index is 0.00000242. The average molecular weight is 364 g/mol. The van der Waals surface area contributed by atoms with Gasteiger partial charge in [-0.1, -0.05) is 18.2 Å². The van der Waals surface area contributed by atoms with Crippen molar-refractivity contribution in [3.8, 4) is 5.75 Å². The summed E-state index contributed by atoms with van der Waals surface area (Å²) in [4.78, 5) is 16.2. The van der Waals surface area contributed by atoms with Crippen LogP contribution < -0.4 is 10.5 Å². The Labute approximate surface area is 151 Å². The molecule has 1 fully saturated rings. The normalized spacial score (nSPS) is 14.6. The molecule has 7 heteroatoms. The molecule has 1 aliphatic heterocycles. The molecule has 0 saturated carbocycles. The minimum absolute atomic E-state index is 0. The van der Waals surface area contributed by atoms with Gasteiger partial charge < -0.3 is 15.4 Å². The van der Waals surface area contributed by atoms with Gasteiger partial charge in [0, 0.05) is 39.1 Å². The highest BCUT2D eigenvalue weighted by molar-refractivity contribution is 5.85. The zero-order chi connectivity index (χ0) is 14.9. The highest BCUT2D eigenvalue weighted by Gasteiger charge is 2.20. The Bertz CT molecular complexity index is 427. The van der Waals surface area contributed by atoms with Gasteiger partial charge in [-0.2, -0.15) is 0 Å². The maximum atomic E-state index is 11.9. The molecule has 0 radical (unpaired) electrons. The molecule has 2 rings (SSSR count). The van der Waals surface area contributed by atoms with Crippen LogP contribution in [0.4, 0.5) is 0 Å². The summed E-state index contributed by atoms with van der Waals surface area (Å²) in [5.74, 6) is 1.15. The Morgan fingerprint density at radius 3 is 2.35 bits per heavy atom. The number of para-hydroxylation sites is 1. The van der Waals surface area contributed by atoms with E-state index in [1.807, 2.05) is 35.2 Å². The molecule has 1 aromatic carbocycles. The molecule has 1 aromatic rings. The van der Waals surface area contributed by atoms with Crippen molar-refractivity contribution in [2.45, 2.75) is 12.8 Å². The van der Waals surface area contributed by atoms with Crippen LogP contribution in [-0.4, -0.2) is 61.6 Å². The minimum atomic E-state index is 0. The molecule has 0 atom stereocenters. The highest BCUT2D eigenvalue weighted by Crippen LogP contribution is 2.09. The van der Waals surface area contributed by atoms with Gasteiger partial charge in [0.05, 0.1) is 0 Å². The molecule has 23 heavy (non-hydrogen) atoms. The Kier molecular flexibility index (Phi) is 11.9. The van der Waals surface area contributed by atoms with Gasteiger partial charge in [-0.05, 0) is 25.1 Å². The summed E-state index contributed by atoms with van der Waals surface area (Å²) in [5, 5.41) is 0. The summed E-state index contributed by atoms with van der Waals surface area (Å²) in [6.07, 6.45) is 1.36. The molecule has 5 nitrogen and oxygen atoms in total. The first-order valence-electron chi connectivity index (χ1n) is 7.67. The number of rotatable bonds is 7. The van der Waals surface area contributed by atoms with E-state index in [2.05, 4.69) is 4.90 Å². The predicted molar refractivity (Wildman–Crippen MR) is 97.7 cm³/mol. The summed E-state index contributed by atoms with van der Waals surface area (Å²) in [6, 6.07) is 9.86. The molecular weight excluding hydrogens is 337 g/mol. The fourth-order valence-corrected chi connectivity index (χ4v) is 2.44. The summed E-state index contributed by atoms with van der Waals surface area (Å²) in [7, 11) is 0. The first kappa shape index (κ1) is 22.0. The minimum Gasteiger partial charge on any atom is -0.492 e. The largest absolute Gasteiger partial charge is 0.492 e. The van der Waals surface area contributed by atoms with E-state index in [1.54, 1.807) is 0 Å². The van der Waals surface area contributed by atoms with Crippen LogP contribution in [0.3, 0.4) is 0 Å². The van der Waals surface area contributed by atoms with E-state index in [1.165, 1.54) is 0 Å². The summed E-state index contributed by atoms with van der Waals surface area (Å²) in [5.41, 5.74) is 5.44. The van der Waals surface area contributed by atoms with Crippen LogP contribution in [0.5, 0.6) is 5.75 Å². The third kappa shape index (κ3) is 7.88. The van der Waals surface area contributed by atoms with Crippen LogP contribution in [0, 0.1) is 0 Å². The second-order valence-electron chi connectivity index (χ2n) is 5.28. The number of hydrogen-bond acceptors (Lipinski definition) is 4. The smallest absolute Gasteiger partial charge is 0.222 e. The van der Waals surface area contributed by atoms with Crippen LogP contribution in [0.15, 0.2) is 30.3 Å². The Morgan fingerprint density at radius 2 is 1.74 bits per heavy atom. The van der Waals surface area contributed by atoms with Crippen molar-refractivity contribution < 1.29 is 9.53 Å². The summed E-state index contributed by atoms with van der Waals surface area (Å²) < 4.78 is 5.70. The third-order valence-corrected chi connectivity index (χ3v) is 3.74. The number of nitrogens with zero attached hydrogens (tertiary/aromatic N) is 2. The van der Waals surface area contributed by atoms with E-state index in [0.29, 0.717) is 19.6 Å². The standard InChI is InChI=1S/C16H25N3O2.2ClH/c17-8-4-7-16(20)19-11-9-18(10-12-19)13-14-21-15-5-2-1-3-6-15;;/h1-3,5-6H,4,7-14,17H2;2*1H. The zero-order valence-electron chi connectivity index (χ0n) is 13.4. The van der Waals surface area contributed by atoms with Crippen molar-refractivity contribution >= 4 is 30.7 Å². The third-order valence-electron chi connectivity index (χ3n) is 3.74. The topological polar surface area (TPSA) is 58.8 Å². The number of carbonyl (C=O) groups is 1. The molecule has 2 N–H and O–H groups in total. The van der Waals surface area contributed by atoms with Crippen LogP contribution in [0.25, 0.3) is 0 Å². The van der Waals surface area contributed by atoms with Crippen LogP contribution in [0.1, 0.15) is 12.8 Å². The van der Waals surface area contributed by atoms with Gasteiger partial charge in [0.25, 0.3) is 0 Å². The van der Waals surface area contributed by atoms with Crippen molar-refractivity contribution in [1.29, 1.82) is 0 Å². The van der Waals surface area contributed by atoms with Crippen LogP contribution in [-0.2, 0) is 4.79 Å². The molecule has 0 aliphatic carbocycles. The molecule has 132 valence electrons. The Hall–Kier alpha value is -1.01. The maximum Gasteiger partial charge on any atom is 0.222 e. The highest BCUT2D eigenvalue weighted by atomic mass is 35.5. The number of carbonyl (C=O) groups excluding carboxylic acids is 1. The molecule has 1 saturated heterocycles. The number of benzene rings is 1. The van der Waals surface area contributed by atoms with E-state index in [-0.39, 0.29) is 30.7 Å². The number of halogens is 2. The van der Waals surface area contributed by atoms with Crippen LogP contribution >= 0.6 is 24.8 Å². The van der Waals surface area contributed by atoms with Gasteiger partial charge in [-0.3, -0.25) is 9.69 Å². The lowest BCUT2D eigenvalue weighted by Crippen LogP contribution is -2.49. The number of ether oxygens (including phenoxy) is 1. The van der Waals surface area contributed by atoms with Crippen molar-refractivity contribution in [2.24, 2.45) is 5.73 Å². The van der Waals surface area contributed by atoms with E-state index in [0.717, 1.165) is 44.9 Å². The summed E-state index contributed by atoms with van der Waals surface area (Å²) in [6.45, 7) is 5.65. The van der Waals surface area contributed by atoms with Crippen molar-refractivity contribution in [1.82, 2.24) is 9.80 Å². The number of nitrogens with two attached hydrogens (primary N) is 1. The molecule has 1 heterocycles. The van der Waals surface area contributed by atoms with E-state index in [4.69, 9.17) is 10.5 Å². The van der Waals surface area contributed by atoms with E-state index >= 15 is 0 Å². The predicted octanol–water partition coefficient (Wildman–Crippen LogP) is 1.79. The number of amides is 1. The van der Waals surface area contributed by atoms with Gasteiger partial charge in [0.1, 0.15) is 12.4 Å². The maximum absolute atomic E-state index is 11.9. The monoisotopic (exact) mass is 363 g/mol. The van der Waals surface area contributed by atoms with Gasteiger partial charge in [-0.15, -0.1) is 24.8 Å². The van der Waals surface area contributed by atoms with Gasteiger partial charge in [0.15, 0.2) is 0 Å².